The minimum atomic E-state index is -4.65. The van der Waals surface area contributed by atoms with Crippen molar-refractivity contribution in [3.8, 4) is 5.75 Å². The second-order valence-electron chi connectivity index (χ2n) is 5.40. The van der Waals surface area contributed by atoms with E-state index in [0.717, 1.165) is 17.7 Å². The Morgan fingerprint density at radius 3 is 2.32 bits per heavy atom. The second kappa shape index (κ2) is 7.60. The van der Waals surface area contributed by atoms with E-state index in [9.17, 15) is 22.0 Å². The third-order valence-corrected chi connectivity index (χ3v) is 4.75. The van der Waals surface area contributed by atoms with Crippen LogP contribution in [-0.2, 0) is 14.6 Å². The van der Waals surface area contributed by atoms with Gasteiger partial charge in [0, 0.05) is 5.69 Å². The van der Waals surface area contributed by atoms with Crippen LogP contribution in [0.5, 0.6) is 5.75 Å². The number of anilines is 1. The molecule has 0 aliphatic heterocycles. The lowest BCUT2D eigenvalue weighted by atomic mass is 10.2. The topological polar surface area (TPSA) is 72.5 Å². The third-order valence-electron chi connectivity index (χ3n) is 3.36. The van der Waals surface area contributed by atoms with Gasteiger partial charge in [-0.15, -0.1) is 0 Å². The van der Waals surface area contributed by atoms with Crippen molar-refractivity contribution in [2.24, 2.45) is 0 Å². The number of ether oxygens (including phenoxy) is 1. The summed E-state index contributed by atoms with van der Waals surface area (Å²) >= 11 is 0. The molecule has 1 N–H and O–H groups in total. The summed E-state index contributed by atoms with van der Waals surface area (Å²) in [7, 11) is -4.65. The first kappa shape index (κ1) is 18.9. The molecule has 0 saturated heterocycles. The van der Waals surface area contributed by atoms with Gasteiger partial charge in [-0.25, -0.2) is 8.42 Å². The minimum Gasteiger partial charge on any atom is -0.481 e. The summed E-state index contributed by atoms with van der Waals surface area (Å²) in [6, 6.07) is 11.7. The molecule has 0 radical (unpaired) electrons. The Bertz CT molecular complexity index is 851. The van der Waals surface area contributed by atoms with Crippen LogP contribution in [-0.4, -0.2) is 26.2 Å². The lowest BCUT2D eigenvalue weighted by Gasteiger charge is -2.15. The molecule has 134 valence electrons. The standard InChI is InChI=1S/C17H17F2NO4S/c1-11-4-3-5-14(10-11)24-12(2)16(21)20-13-6-8-15(9-7-13)25(22,23)17(18)19/h3-10,12,17H,1-2H3,(H,20,21)/t12-/m0/s1. The predicted octanol–water partition coefficient (Wildman–Crippen LogP) is 3.40. The SMILES string of the molecule is Cc1cccc(O[C@@H](C)C(=O)Nc2ccc(S(=O)(=O)C(F)F)cc2)c1. The molecule has 1 amide bonds. The number of nitrogens with one attached hydrogen (secondary N) is 1. The van der Waals surface area contributed by atoms with Crippen molar-refractivity contribution in [2.45, 2.75) is 30.6 Å². The maximum absolute atomic E-state index is 12.5. The van der Waals surface area contributed by atoms with E-state index >= 15 is 0 Å². The summed E-state index contributed by atoms with van der Waals surface area (Å²) in [5.41, 5.74) is 1.26. The Labute approximate surface area is 144 Å². The Kier molecular flexibility index (Phi) is 5.73. The van der Waals surface area contributed by atoms with E-state index in [1.165, 1.54) is 12.1 Å². The van der Waals surface area contributed by atoms with Crippen LogP contribution >= 0.6 is 0 Å². The first-order chi connectivity index (χ1) is 11.7. The molecule has 8 heteroatoms. The molecule has 1 atom stereocenters. The zero-order valence-corrected chi connectivity index (χ0v) is 14.4. The zero-order chi connectivity index (χ0) is 18.6. The van der Waals surface area contributed by atoms with E-state index in [2.05, 4.69) is 5.32 Å². The summed E-state index contributed by atoms with van der Waals surface area (Å²) in [6.07, 6.45) is -0.800. The fourth-order valence-corrected chi connectivity index (χ4v) is 2.74. The fraction of sp³-hybridized carbons (Fsp3) is 0.235. The largest absolute Gasteiger partial charge is 0.481 e. The molecule has 2 aromatic carbocycles. The van der Waals surface area contributed by atoms with E-state index < -0.39 is 32.5 Å². The highest BCUT2D eigenvalue weighted by Crippen LogP contribution is 2.21. The fourth-order valence-electron chi connectivity index (χ4n) is 2.02. The summed E-state index contributed by atoms with van der Waals surface area (Å²) in [6.45, 7) is 3.46. The Morgan fingerprint density at radius 2 is 1.76 bits per heavy atom. The Hall–Kier alpha value is -2.48. The number of halogens is 2. The van der Waals surface area contributed by atoms with E-state index in [0.29, 0.717) is 5.75 Å². The van der Waals surface area contributed by atoms with Gasteiger partial charge in [-0.3, -0.25) is 4.79 Å². The van der Waals surface area contributed by atoms with Gasteiger partial charge in [-0.2, -0.15) is 8.78 Å². The molecule has 2 rings (SSSR count). The Balaban J connectivity index is 2.03. The second-order valence-corrected chi connectivity index (χ2v) is 7.31. The lowest BCUT2D eigenvalue weighted by Crippen LogP contribution is -2.30. The van der Waals surface area contributed by atoms with Crippen molar-refractivity contribution in [3.05, 3.63) is 54.1 Å². The molecule has 5 nitrogen and oxygen atoms in total. The van der Waals surface area contributed by atoms with Crippen molar-refractivity contribution in [2.75, 3.05) is 5.32 Å². The molecule has 0 bridgehead atoms. The number of alkyl halides is 2. The van der Waals surface area contributed by atoms with Gasteiger partial charge in [0.25, 0.3) is 5.91 Å². The number of aryl methyl sites for hydroxylation is 1. The van der Waals surface area contributed by atoms with Crippen LogP contribution in [0.1, 0.15) is 12.5 Å². The molecule has 0 aromatic heterocycles. The number of carbonyl (C=O) groups is 1. The van der Waals surface area contributed by atoms with E-state index in [1.54, 1.807) is 25.1 Å². The van der Waals surface area contributed by atoms with Crippen molar-refractivity contribution in [3.63, 3.8) is 0 Å². The van der Waals surface area contributed by atoms with Crippen LogP contribution in [0.3, 0.4) is 0 Å². The number of hydrogen-bond acceptors (Lipinski definition) is 4. The highest BCUT2D eigenvalue weighted by Gasteiger charge is 2.26. The number of hydrogen-bond donors (Lipinski definition) is 1. The lowest BCUT2D eigenvalue weighted by molar-refractivity contribution is -0.122. The highest BCUT2D eigenvalue weighted by molar-refractivity contribution is 7.91. The van der Waals surface area contributed by atoms with Gasteiger partial charge < -0.3 is 10.1 Å². The minimum absolute atomic E-state index is 0.276. The summed E-state index contributed by atoms with van der Waals surface area (Å²) in [5, 5.41) is 2.54. The van der Waals surface area contributed by atoms with Crippen molar-refractivity contribution >= 4 is 21.4 Å². The van der Waals surface area contributed by atoms with Crippen LogP contribution < -0.4 is 10.1 Å². The van der Waals surface area contributed by atoms with Crippen LogP contribution in [0.15, 0.2) is 53.4 Å². The quantitative estimate of drug-likeness (QED) is 0.847. The number of benzene rings is 2. The number of rotatable bonds is 6. The van der Waals surface area contributed by atoms with Crippen LogP contribution in [0, 0.1) is 6.92 Å². The van der Waals surface area contributed by atoms with Gasteiger partial charge in [0.1, 0.15) is 5.75 Å². The van der Waals surface area contributed by atoms with E-state index in [4.69, 9.17) is 4.74 Å². The molecule has 0 aliphatic carbocycles. The molecule has 0 aliphatic rings. The van der Waals surface area contributed by atoms with E-state index in [1.807, 2.05) is 13.0 Å². The van der Waals surface area contributed by atoms with Gasteiger partial charge in [-0.1, -0.05) is 12.1 Å². The van der Waals surface area contributed by atoms with Crippen LogP contribution in [0.25, 0.3) is 0 Å². The summed E-state index contributed by atoms with van der Waals surface area (Å²) in [4.78, 5) is 11.6. The van der Waals surface area contributed by atoms with Gasteiger partial charge in [0.15, 0.2) is 6.10 Å². The van der Waals surface area contributed by atoms with Gasteiger partial charge >= 0.3 is 5.76 Å². The molecule has 2 aromatic rings. The Morgan fingerprint density at radius 1 is 1.12 bits per heavy atom. The summed E-state index contributed by atoms with van der Waals surface area (Å²) < 4.78 is 53.2. The molecule has 0 spiro atoms. The van der Waals surface area contributed by atoms with Gasteiger partial charge in [-0.05, 0) is 55.8 Å². The van der Waals surface area contributed by atoms with Gasteiger partial charge in [0.05, 0.1) is 4.90 Å². The maximum Gasteiger partial charge on any atom is 0.341 e. The smallest absolute Gasteiger partial charge is 0.341 e. The number of sulfone groups is 1. The molecule has 0 saturated carbocycles. The predicted molar refractivity (Wildman–Crippen MR) is 89.5 cm³/mol. The molecular formula is C17H17F2NO4S. The first-order valence-corrected chi connectivity index (χ1v) is 8.91. The number of carbonyl (C=O) groups excluding carboxylic acids is 1. The molecule has 0 heterocycles. The highest BCUT2D eigenvalue weighted by atomic mass is 32.2. The summed E-state index contributed by atoms with van der Waals surface area (Å²) in [5.74, 6) is -3.40. The monoisotopic (exact) mass is 369 g/mol. The molecule has 0 fully saturated rings. The third kappa shape index (κ3) is 4.76. The number of amides is 1. The van der Waals surface area contributed by atoms with Crippen molar-refractivity contribution in [1.82, 2.24) is 0 Å². The van der Waals surface area contributed by atoms with Gasteiger partial charge in [0.2, 0.25) is 9.84 Å². The molecular weight excluding hydrogens is 352 g/mol. The van der Waals surface area contributed by atoms with Crippen LogP contribution in [0.4, 0.5) is 14.5 Å². The van der Waals surface area contributed by atoms with Crippen molar-refractivity contribution in [1.29, 1.82) is 0 Å². The van der Waals surface area contributed by atoms with E-state index in [-0.39, 0.29) is 5.69 Å². The molecule has 0 unspecified atom stereocenters. The first-order valence-electron chi connectivity index (χ1n) is 7.36. The molecule has 25 heavy (non-hydrogen) atoms. The maximum atomic E-state index is 12.5. The van der Waals surface area contributed by atoms with Crippen molar-refractivity contribution < 1.29 is 26.7 Å². The van der Waals surface area contributed by atoms with Crippen LogP contribution in [0.2, 0.25) is 0 Å². The normalized spacial score (nSPS) is 12.7. The average Bonchev–Trinajstić information content (AvgIpc) is 2.55. The zero-order valence-electron chi connectivity index (χ0n) is 13.6. The average molecular weight is 369 g/mol.